The molecule has 20 heavy (non-hydrogen) atoms. The molecule has 0 atom stereocenters. The van der Waals surface area contributed by atoms with E-state index < -0.39 is 0 Å². The van der Waals surface area contributed by atoms with Crippen molar-refractivity contribution in [1.29, 1.82) is 0 Å². The fraction of sp³-hybridized carbons (Fsp3) is 0.647. The van der Waals surface area contributed by atoms with Gasteiger partial charge in [-0.05, 0) is 36.0 Å². The monoisotopic (exact) mass is 276 g/mol. The van der Waals surface area contributed by atoms with Gasteiger partial charge in [-0.3, -0.25) is 0 Å². The molecule has 0 saturated carbocycles. The van der Waals surface area contributed by atoms with Crippen molar-refractivity contribution >= 4 is 0 Å². The van der Waals surface area contributed by atoms with Gasteiger partial charge in [-0.2, -0.15) is 0 Å². The molecule has 3 nitrogen and oxygen atoms in total. The molecule has 1 aliphatic heterocycles. The van der Waals surface area contributed by atoms with Gasteiger partial charge in [0.05, 0.1) is 7.11 Å². The van der Waals surface area contributed by atoms with E-state index in [0.29, 0.717) is 5.92 Å². The van der Waals surface area contributed by atoms with Crippen molar-refractivity contribution < 1.29 is 4.74 Å². The van der Waals surface area contributed by atoms with E-state index in [-0.39, 0.29) is 0 Å². The first-order valence-electron chi connectivity index (χ1n) is 7.73. The minimum atomic E-state index is 0.544. The molecular formula is C17H28N2O. The summed E-state index contributed by atoms with van der Waals surface area (Å²) >= 11 is 0. The van der Waals surface area contributed by atoms with Gasteiger partial charge >= 0.3 is 0 Å². The van der Waals surface area contributed by atoms with Crippen LogP contribution < -0.4 is 10.1 Å². The second-order valence-corrected chi connectivity index (χ2v) is 5.98. The summed E-state index contributed by atoms with van der Waals surface area (Å²) in [5, 5.41) is 3.41. The van der Waals surface area contributed by atoms with E-state index in [1.54, 1.807) is 7.11 Å². The number of nitrogens with zero attached hydrogens (tertiary/aromatic N) is 1. The van der Waals surface area contributed by atoms with Crippen molar-refractivity contribution in [2.75, 3.05) is 39.8 Å². The van der Waals surface area contributed by atoms with E-state index in [9.17, 15) is 0 Å². The second-order valence-electron chi connectivity index (χ2n) is 5.98. The molecule has 1 saturated heterocycles. The number of hydrogen-bond acceptors (Lipinski definition) is 3. The molecule has 2 rings (SSSR count). The first-order chi connectivity index (χ1) is 9.63. The third kappa shape index (κ3) is 3.53. The highest BCUT2D eigenvalue weighted by Gasteiger charge is 2.16. The van der Waals surface area contributed by atoms with Crippen LogP contribution in [-0.4, -0.2) is 44.7 Å². The summed E-state index contributed by atoms with van der Waals surface area (Å²) in [5.41, 5.74) is 4.08. The predicted octanol–water partition coefficient (Wildman–Crippen LogP) is 2.57. The predicted molar refractivity (Wildman–Crippen MR) is 84.8 cm³/mol. The summed E-state index contributed by atoms with van der Waals surface area (Å²) in [6.07, 6.45) is 1.08. The van der Waals surface area contributed by atoms with Crippen LogP contribution >= 0.6 is 0 Å². The zero-order valence-electron chi connectivity index (χ0n) is 13.3. The van der Waals surface area contributed by atoms with Gasteiger partial charge in [0, 0.05) is 32.7 Å². The van der Waals surface area contributed by atoms with E-state index in [2.05, 4.69) is 43.1 Å². The minimum Gasteiger partial charge on any atom is -0.496 e. The van der Waals surface area contributed by atoms with Gasteiger partial charge in [-0.1, -0.05) is 26.0 Å². The zero-order chi connectivity index (χ0) is 14.5. The molecule has 112 valence electrons. The molecule has 1 fully saturated rings. The quantitative estimate of drug-likeness (QED) is 0.894. The van der Waals surface area contributed by atoms with E-state index in [4.69, 9.17) is 4.74 Å². The SMILES string of the molecule is COc1c(C)ccc(C(C)C)c1CCN1CCNCC1. The Kier molecular flexibility index (Phi) is 5.44. The molecule has 1 aliphatic rings. The molecule has 0 bridgehead atoms. The third-order valence-corrected chi connectivity index (χ3v) is 4.21. The summed E-state index contributed by atoms with van der Waals surface area (Å²) < 4.78 is 5.68. The molecule has 1 heterocycles. The van der Waals surface area contributed by atoms with E-state index >= 15 is 0 Å². The molecule has 0 aliphatic carbocycles. The highest BCUT2D eigenvalue weighted by atomic mass is 16.5. The van der Waals surface area contributed by atoms with Crippen molar-refractivity contribution in [3.63, 3.8) is 0 Å². The van der Waals surface area contributed by atoms with Crippen LogP contribution in [0.1, 0.15) is 36.5 Å². The fourth-order valence-corrected chi connectivity index (χ4v) is 3.05. The van der Waals surface area contributed by atoms with E-state index in [0.717, 1.165) is 44.9 Å². The van der Waals surface area contributed by atoms with Crippen LogP contribution in [0.2, 0.25) is 0 Å². The van der Waals surface area contributed by atoms with Crippen LogP contribution in [0, 0.1) is 6.92 Å². The minimum absolute atomic E-state index is 0.544. The van der Waals surface area contributed by atoms with Gasteiger partial charge < -0.3 is 15.0 Å². The van der Waals surface area contributed by atoms with E-state index in [1.807, 2.05) is 0 Å². The van der Waals surface area contributed by atoms with Crippen molar-refractivity contribution in [3.8, 4) is 5.75 Å². The summed E-state index contributed by atoms with van der Waals surface area (Å²) in [6, 6.07) is 4.46. The molecule has 3 heteroatoms. The highest BCUT2D eigenvalue weighted by Crippen LogP contribution is 2.31. The average Bonchev–Trinajstić information content (AvgIpc) is 2.45. The Morgan fingerprint density at radius 2 is 1.95 bits per heavy atom. The molecule has 1 N–H and O–H groups in total. The zero-order valence-corrected chi connectivity index (χ0v) is 13.3. The number of aryl methyl sites for hydroxylation is 1. The second kappa shape index (κ2) is 7.09. The summed E-state index contributed by atoms with van der Waals surface area (Å²) in [7, 11) is 1.79. The molecule has 0 spiro atoms. The molecule has 0 amide bonds. The lowest BCUT2D eigenvalue weighted by Gasteiger charge is -2.28. The number of ether oxygens (including phenoxy) is 1. The maximum Gasteiger partial charge on any atom is 0.125 e. The standard InChI is InChI=1S/C17H28N2O/c1-13(2)15-6-5-14(3)17(20-4)16(15)7-10-19-11-8-18-9-12-19/h5-6,13,18H,7-12H2,1-4H3. The van der Waals surface area contributed by atoms with Gasteiger partial charge in [-0.15, -0.1) is 0 Å². The Labute approximate surface area is 123 Å². The number of nitrogens with one attached hydrogen (secondary N) is 1. The normalized spacial score (nSPS) is 16.6. The fourth-order valence-electron chi connectivity index (χ4n) is 3.05. The maximum absolute atomic E-state index is 5.68. The first kappa shape index (κ1) is 15.3. The van der Waals surface area contributed by atoms with Crippen LogP contribution in [0.5, 0.6) is 5.75 Å². The van der Waals surface area contributed by atoms with Crippen LogP contribution in [-0.2, 0) is 6.42 Å². The van der Waals surface area contributed by atoms with Crippen LogP contribution in [0.3, 0.4) is 0 Å². The largest absolute Gasteiger partial charge is 0.496 e. The lowest BCUT2D eigenvalue weighted by atomic mass is 9.92. The Morgan fingerprint density at radius 1 is 1.25 bits per heavy atom. The Morgan fingerprint density at radius 3 is 2.55 bits per heavy atom. The number of piperazine rings is 1. The van der Waals surface area contributed by atoms with Gasteiger partial charge in [0.15, 0.2) is 0 Å². The Hall–Kier alpha value is -1.06. The molecule has 0 radical (unpaired) electrons. The van der Waals surface area contributed by atoms with Gasteiger partial charge in [0.1, 0.15) is 5.75 Å². The molecule has 0 unspecified atom stereocenters. The van der Waals surface area contributed by atoms with Crippen LogP contribution in [0.25, 0.3) is 0 Å². The number of benzene rings is 1. The Balaban J connectivity index is 2.16. The third-order valence-electron chi connectivity index (χ3n) is 4.21. The van der Waals surface area contributed by atoms with E-state index in [1.165, 1.54) is 16.7 Å². The number of hydrogen-bond donors (Lipinski definition) is 1. The van der Waals surface area contributed by atoms with Crippen molar-refractivity contribution in [2.24, 2.45) is 0 Å². The summed E-state index contributed by atoms with van der Waals surface area (Å²) in [5.74, 6) is 1.63. The van der Waals surface area contributed by atoms with Gasteiger partial charge in [-0.25, -0.2) is 0 Å². The number of rotatable bonds is 5. The number of methoxy groups -OCH3 is 1. The van der Waals surface area contributed by atoms with Crippen LogP contribution in [0.4, 0.5) is 0 Å². The molecule has 1 aromatic rings. The maximum atomic E-state index is 5.68. The summed E-state index contributed by atoms with van der Waals surface area (Å²) in [6.45, 7) is 12.3. The van der Waals surface area contributed by atoms with Crippen LogP contribution in [0.15, 0.2) is 12.1 Å². The first-order valence-corrected chi connectivity index (χ1v) is 7.73. The lowest BCUT2D eigenvalue weighted by molar-refractivity contribution is 0.242. The van der Waals surface area contributed by atoms with Crippen molar-refractivity contribution in [3.05, 3.63) is 28.8 Å². The topological polar surface area (TPSA) is 24.5 Å². The average molecular weight is 276 g/mol. The van der Waals surface area contributed by atoms with Crippen molar-refractivity contribution in [1.82, 2.24) is 10.2 Å². The molecule has 1 aromatic carbocycles. The summed E-state index contributed by atoms with van der Waals surface area (Å²) in [4.78, 5) is 2.54. The molecule has 0 aromatic heterocycles. The molecular weight excluding hydrogens is 248 g/mol. The Bertz CT molecular complexity index is 437. The lowest BCUT2D eigenvalue weighted by Crippen LogP contribution is -2.44. The van der Waals surface area contributed by atoms with Crippen molar-refractivity contribution in [2.45, 2.75) is 33.1 Å². The van der Waals surface area contributed by atoms with Gasteiger partial charge in [0.2, 0.25) is 0 Å². The smallest absolute Gasteiger partial charge is 0.125 e. The highest BCUT2D eigenvalue weighted by molar-refractivity contribution is 5.47. The van der Waals surface area contributed by atoms with Gasteiger partial charge in [0.25, 0.3) is 0 Å².